The van der Waals surface area contributed by atoms with Crippen LogP contribution in [0.2, 0.25) is 0 Å². The average Bonchev–Trinajstić information content (AvgIpc) is 3.38. The van der Waals surface area contributed by atoms with Crippen LogP contribution in [0.3, 0.4) is 0 Å². The SMILES string of the molecule is O=C1c2ccc(-c3ccc(-c4ccccc4)[se]3)cc2C(=O)N1c1ccc(C(F)(F)F)cc1. The number of hydrogen-bond acceptors (Lipinski definition) is 2. The van der Waals surface area contributed by atoms with E-state index in [2.05, 4.69) is 18.2 Å². The Labute approximate surface area is 187 Å². The molecule has 0 spiro atoms. The summed E-state index contributed by atoms with van der Waals surface area (Å²) in [6.45, 7) is 0. The van der Waals surface area contributed by atoms with Gasteiger partial charge in [-0.15, -0.1) is 0 Å². The van der Waals surface area contributed by atoms with Crippen LogP contribution in [0.5, 0.6) is 0 Å². The molecular formula is C25H14F3NO2Se. The van der Waals surface area contributed by atoms with E-state index in [9.17, 15) is 22.8 Å². The summed E-state index contributed by atoms with van der Waals surface area (Å²) in [4.78, 5) is 26.7. The van der Waals surface area contributed by atoms with Crippen LogP contribution in [0.4, 0.5) is 18.9 Å². The third-order valence-electron chi connectivity index (χ3n) is 5.29. The van der Waals surface area contributed by atoms with Gasteiger partial charge in [-0.2, -0.15) is 0 Å². The molecule has 1 aliphatic heterocycles. The molecule has 5 rings (SSSR count). The van der Waals surface area contributed by atoms with E-state index in [-0.39, 0.29) is 31.3 Å². The Morgan fingerprint density at radius 1 is 0.656 bits per heavy atom. The first-order valence-electron chi connectivity index (χ1n) is 9.69. The molecule has 0 saturated heterocycles. The molecule has 32 heavy (non-hydrogen) atoms. The van der Waals surface area contributed by atoms with Crippen LogP contribution < -0.4 is 4.90 Å². The van der Waals surface area contributed by atoms with Crippen molar-refractivity contribution in [2.45, 2.75) is 6.18 Å². The van der Waals surface area contributed by atoms with Gasteiger partial charge < -0.3 is 0 Å². The summed E-state index contributed by atoms with van der Waals surface area (Å²) >= 11 is 0.0500. The third kappa shape index (κ3) is 3.49. The second-order valence-corrected chi connectivity index (χ2v) is 9.55. The zero-order valence-electron chi connectivity index (χ0n) is 16.4. The van der Waals surface area contributed by atoms with Crippen LogP contribution in [0.25, 0.3) is 20.0 Å². The van der Waals surface area contributed by atoms with Crippen molar-refractivity contribution in [2.75, 3.05) is 4.90 Å². The fraction of sp³-hybridized carbons (Fsp3) is 0.0400. The molecule has 0 fully saturated rings. The fourth-order valence-electron chi connectivity index (χ4n) is 3.68. The number of rotatable bonds is 3. The summed E-state index contributed by atoms with van der Waals surface area (Å²) in [5.74, 6) is -1.07. The van der Waals surface area contributed by atoms with Crippen molar-refractivity contribution in [1.29, 1.82) is 0 Å². The quantitative estimate of drug-likeness (QED) is 0.262. The zero-order valence-corrected chi connectivity index (χ0v) is 18.1. The molecule has 3 aromatic carbocycles. The van der Waals surface area contributed by atoms with E-state index in [1.807, 2.05) is 30.3 Å². The Morgan fingerprint density at radius 2 is 1.28 bits per heavy atom. The maximum atomic E-state index is 13.0. The molecule has 0 saturated carbocycles. The van der Waals surface area contributed by atoms with Gasteiger partial charge in [-0.3, -0.25) is 0 Å². The first-order chi connectivity index (χ1) is 15.3. The summed E-state index contributed by atoms with van der Waals surface area (Å²) in [5, 5.41) is 0. The Bertz CT molecular complexity index is 1340. The number of hydrogen-bond donors (Lipinski definition) is 0. The minimum atomic E-state index is -4.49. The predicted molar refractivity (Wildman–Crippen MR) is 117 cm³/mol. The molecule has 3 nitrogen and oxygen atoms in total. The minimum absolute atomic E-state index is 0.0500. The van der Waals surface area contributed by atoms with Gasteiger partial charge in [0.05, 0.1) is 0 Å². The molecule has 7 heteroatoms. The Morgan fingerprint density at radius 3 is 1.94 bits per heavy atom. The van der Waals surface area contributed by atoms with Crippen molar-refractivity contribution < 1.29 is 22.8 Å². The van der Waals surface area contributed by atoms with Gasteiger partial charge in [0.1, 0.15) is 0 Å². The summed E-state index contributed by atoms with van der Waals surface area (Å²) in [5.41, 5.74) is 1.81. The topological polar surface area (TPSA) is 37.4 Å². The molecule has 0 unspecified atom stereocenters. The van der Waals surface area contributed by atoms with Gasteiger partial charge >= 0.3 is 187 Å². The van der Waals surface area contributed by atoms with Gasteiger partial charge in [-0.05, 0) is 0 Å². The van der Waals surface area contributed by atoms with Gasteiger partial charge in [0, 0.05) is 0 Å². The van der Waals surface area contributed by atoms with Gasteiger partial charge in [-0.1, -0.05) is 0 Å². The normalized spacial score (nSPS) is 13.5. The van der Waals surface area contributed by atoms with Crippen molar-refractivity contribution in [1.82, 2.24) is 0 Å². The number of benzene rings is 3. The van der Waals surface area contributed by atoms with E-state index < -0.39 is 23.6 Å². The van der Waals surface area contributed by atoms with E-state index >= 15 is 0 Å². The summed E-state index contributed by atoms with van der Waals surface area (Å²) < 4.78 is 40.8. The van der Waals surface area contributed by atoms with Crippen LogP contribution >= 0.6 is 0 Å². The number of amides is 2. The summed E-state index contributed by atoms with van der Waals surface area (Å²) in [7, 11) is 0. The zero-order chi connectivity index (χ0) is 22.5. The van der Waals surface area contributed by atoms with Crippen LogP contribution in [0.15, 0.2) is 84.9 Å². The predicted octanol–water partition coefficient (Wildman–Crippen LogP) is 5.90. The summed E-state index contributed by atoms with van der Waals surface area (Å²) in [6, 6.07) is 23.3. The molecule has 2 amide bonds. The van der Waals surface area contributed by atoms with Crippen molar-refractivity contribution in [3.05, 3.63) is 102 Å². The average molecular weight is 496 g/mol. The van der Waals surface area contributed by atoms with Gasteiger partial charge in [0.25, 0.3) is 0 Å². The molecule has 0 radical (unpaired) electrons. The Hall–Kier alpha value is -3.41. The number of alkyl halides is 3. The number of nitrogens with zero attached hydrogens (tertiary/aromatic N) is 1. The second-order valence-electron chi connectivity index (χ2n) is 7.28. The number of carbonyl (C=O) groups excluding carboxylic acids is 2. The van der Waals surface area contributed by atoms with Crippen LogP contribution in [0.1, 0.15) is 26.3 Å². The molecule has 2 heterocycles. The molecule has 0 atom stereocenters. The second kappa shape index (κ2) is 7.62. The van der Waals surface area contributed by atoms with E-state index in [1.165, 1.54) is 4.44 Å². The number of imide groups is 1. The molecule has 0 bridgehead atoms. The number of anilines is 1. The fourth-order valence-corrected chi connectivity index (χ4v) is 5.79. The van der Waals surface area contributed by atoms with E-state index in [4.69, 9.17) is 0 Å². The van der Waals surface area contributed by atoms with E-state index in [1.54, 1.807) is 12.1 Å². The number of fused-ring (bicyclic) bond motifs is 1. The molecule has 0 aliphatic carbocycles. The molecule has 4 aromatic rings. The van der Waals surface area contributed by atoms with E-state index in [0.717, 1.165) is 44.7 Å². The van der Waals surface area contributed by atoms with Crippen molar-refractivity contribution in [3.63, 3.8) is 0 Å². The third-order valence-corrected chi connectivity index (χ3v) is 7.77. The Balaban J connectivity index is 1.46. The number of halogens is 3. The number of carbonyl (C=O) groups is 2. The monoisotopic (exact) mass is 497 g/mol. The molecule has 158 valence electrons. The van der Waals surface area contributed by atoms with Crippen LogP contribution in [0, 0.1) is 0 Å². The standard InChI is InChI=1S/C25H14F3NO2Se/c26-25(27,28)17-7-9-18(10-8-17)29-23(30)19-11-6-16(14-20(19)24(29)31)22-13-12-21(32-22)15-4-2-1-3-5-15/h1-14H. The van der Waals surface area contributed by atoms with Crippen molar-refractivity contribution in [2.24, 2.45) is 0 Å². The van der Waals surface area contributed by atoms with Crippen molar-refractivity contribution in [3.8, 4) is 20.0 Å². The van der Waals surface area contributed by atoms with Gasteiger partial charge in [0.2, 0.25) is 0 Å². The molecular weight excluding hydrogens is 482 g/mol. The molecule has 1 aliphatic rings. The molecule has 0 N–H and O–H groups in total. The first kappa shape index (κ1) is 20.5. The van der Waals surface area contributed by atoms with Gasteiger partial charge in [-0.25, -0.2) is 0 Å². The van der Waals surface area contributed by atoms with E-state index in [0.29, 0.717) is 0 Å². The molecule has 1 aromatic heterocycles. The van der Waals surface area contributed by atoms with Gasteiger partial charge in [0.15, 0.2) is 0 Å². The van der Waals surface area contributed by atoms with Crippen LogP contribution in [-0.2, 0) is 6.18 Å². The summed E-state index contributed by atoms with van der Waals surface area (Å²) in [6.07, 6.45) is -4.49. The Kier molecular flexibility index (Phi) is 4.88. The first-order valence-corrected chi connectivity index (χ1v) is 11.4. The van der Waals surface area contributed by atoms with Crippen molar-refractivity contribution >= 4 is 32.0 Å². The maximum absolute atomic E-state index is 13.0. The van der Waals surface area contributed by atoms with Crippen LogP contribution in [-0.4, -0.2) is 26.3 Å².